The fraction of sp³-hybridized carbons (Fsp3) is 0.700. The van der Waals surface area contributed by atoms with Crippen molar-refractivity contribution in [3.05, 3.63) is 115 Å². The summed E-state index contributed by atoms with van der Waals surface area (Å²) in [7, 11) is 0. The second-order valence-electron chi connectivity index (χ2n) is 26.5. The maximum atomic E-state index is 13.0. The first-order valence-electron chi connectivity index (χ1n) is 33.9. The van der Waals surface area contributed by atoms with Gasteiger partial charge in [0.1, 0.15) is 165 Å². The average Bonchev–Trinajstić information content (AvgIpc) is 0.767. The molecule has 3 aromatic carbocycles. The van der Waals surface area contributed by atoms with Crippen LogP contribution < -0.4 is 14.2 Å². The van der Waals surface area contributed by atoms with Crippen LogP contribution in [0.3, 0.4) is 0 Å². The summed E-state index contributed by atoms with van der Waals surface area (Å²) in [6.45, 7) is -8.95. The molecule has 21 aliphatic rings. The van der Waals surface area contributed by atoms with Gasteiger partial charge in [-0.25, -0.2) is 0 Å². The number of rotatable bonds is 19. The van der Waals surface area contributed by atoms with E-state index in [9.17, 15) is 153 Å². The summed E-state index contributed by atoms with van der Waals surface area (Å²) in [5.41, 5.74) is -6.76. The van der Waals surface area contributed by atoms with E-state index in [-0.39, 0.29) is 0 Å². The molecule has 35 unspecified atom stereocenters. The van der Waals surface area contributed by atoms with Gasteiger partial charge in [0.2, 0.25) is 0 Å². The molecular formula is C60H76N6O47. The molecule has 24 rings (SSSR count). The summed E-state index contributed by atoms with van der Waals surface area (Å²) in [4.78, 5) is 67.7. The molecule has 0 spiro atoms. The molecule has 0 radical (unpaired) electrons. The molecule has 0 aliphatic carbocycles. The van der Waals surface area contributed by atoms with Crippen molar-refractivity contribution in [1.29, 1.82) is 0 Å². The minimum Gasteiger partial charge on any atom is -0.484 e. The van der Waals surface area contributed by atoms with Crippen molar-refractivity contribution >= 4 is 34.1 Å². The number of ether oxygens (including phenoxy) is 17. The van der Waals surface area contributed by atoms with Crippen molar-refractivity contribution in [1.82, 2.24) is 0 Å². The summed E-state index contributed by atoms with van der Waals surface area (Å²) in [5, 5.41) is 281. The van der Waals surface area contributed by atoms with Crippen molar-refractivity contribution in [2.75, 3.05) is 46.2 Å². The lowest BCUT2D eigenvalue weighted by molar-refractivity contribution is -0.400. The molecule has 21 heterocycles. The van der Waals surface area contributed by atoms with E-state index < -0.39 is 342 Å². The van der Waals surface area contributed by atoms with Crippen LogP contribution in [0.5, 0.6) is 17.2 Å². The van der Waals surface area contributed by atoms with Crippen LogP contribution in [0.1, 0.15) is 0 Å². The third-order valence-electron chi connectivity index (χ3n) is 19.5. The Morgan fingerprint density at radius 1 is 0.265 bits per heavy atom. The maximum Gasteiger partial charge on any atom is 0.317 e. The van der Waals surface area contributed by atoms with Crippen molar-refractivity contribution in [2.24, 2.45) is 0 Å². The summed E-state index contributed by atoms with van der Waals surface area (Å²) in [5.74, 6) is -3.10. The van der Waals surface area contributed by atoms with Gasteiger partial charge in [0.25, 0.3) is 17.1 Å². The first kappa shape index (κ1) is 86.0. The minimum atomic E-state index is -2.72. The average molecular weight is 1630 g/mol. The van der Waals surface area contributed by atoms with Crippen LogP contribution in [0.4, 0.5) is 34.1 Å². The van der Waals surface area contributed by atoms with Gasteiger partial charge in [0, 0.05) is 18.2 Å². The number of nitro benzene ring substituents is 6. The van der Waals surface area contributed by atoms with Crippen molar-refractivity contribution in [2.45, 2.75) is 215 Å². The Hall–Kier alpha value is -7.82. The molecule has 14 bridgehead atoms. The Bertz CT molecular complexity index is 3830. The second kappa shape index (κ2) is 36.1. The maximum absolute atomic E-state index is 13.0. The lowest BCUT2D eigenvalue weighted by Crippen LogP contribution is -2.69. The number of aliphatic hydroxyl groups excluding tert-OH is 18. The van der Waals surface area contributed by atoms with Gasteiger partial charge < -0.3 is 172 Å². The molecule has 53 heteroatoms. The molecule has 35 atom stereocenters. The number of aliphatic hydroxyl groups is 18. The highest BCUT2D eigenvalue weighted by atomic mass is 16.8. The first-order valence-corrected chi connectivity index (χ1v) is 33.9. The fourth-order valence-electron chi connectivity index (χ4n) is 13.7. The monoisotopic (exact) mass is 1630 g/mol. The molecule has 21 saturated heterocycles. The van der Waals surface area contributed by atoms with E-state index >= 15 is 0 Å². The fourth-order valence-corrected chi connectivity index (χ4v) is 13.7. The number of non-ortho nitro benzene ring substituents is 3. The molecule has 0 amide bonds. The third-order valence-corrected chi connectivity index (χ3v) is 19.5. The Kier molecular flexibility index (Phi) is 27.5. The minimum absolute atomic E-state index is 0.320. The number of nitrogens with zero attached hydrogens (tertiary/aromatic N) is 6. The lowest BCUT2D eigenvalue weighted by Gasteiger charge is -2.51. The van der Waals surface area contributed by atoms with Gasteiger partial charge in [-0.3, -0.25) is 60.7 Å². The zero-order chi connectivity index (χ0) is 82.2. The molecular weight excluding hydrogens is 1560 g/mol. The Morgan fingerprint density at radius 2 is 0.487 bits per heavy atom. The molecule has 21 fully saturated rings. The summed E-state index contributed by atoms with van der Waals surface area (Å²) in [6.07, 6.45) is -81.6. The molecule has 21 aliphatic heterocycles. The standard InChI is InChI=1S/C60H76N6O47/c67-10-26-45-33(73)40(80)55(101-26)109-47-28(12-69)103-57(42(82)35(47)75)111-49-30(14-71)105-59(44(84)37(49)77)113-51-32(16-97-23-4-1-17(61(85)86)7-20(23)64(91)92)106-60(53(99-25-6-3-19(63(89)90)9-22(25)66(95)96)52(51)98-24-5-2-18(62(87)88)8-21(24)65(93)94)112-50-31(15-72)104-58(43(83)38(50)78)110-48-29(13-70)102-56(41(81)36(48)76)108-46-27(11-68)100-54(107-45)39(79)34(46)74/h1-9,26-60,67-84H,10-16H2. The van der Waals surface area contributed by atoms with E-state index in [1.54, 1.807) is 0 Å². The smallest absolute Gasteiger partial charge is 0.317 e. The van der Waals surface area contributed by atoms with E-state index in [2.05, 4.69) is 0 Å². The molecule has 0 saturated carbocycles. The predicted octanol–water partition coefficient (Wildman–Crippen LogP) is -9.52. The van der Waals surface area contributed by atoms with Gasteiger partial charge in [0.05, 0.1) is 87.4 Å². The van der Waals surface area contributed by atoms with Gasteiger partial charge in [-0.1, -0.05) is 0 Å². The Morgan fingerprint density at radius 3 is 0.735 bits per heavy atom. The molecule has 53 nitrogen and oxygen atoms in total. The second-order valence-corrected chi connectivity index (χ2v) is 26.5. The summed E-state index contributed by atoms with van der Waals surface area (Å²) >= 11 is 0. The summed E-state index contributed by atoms with van der Waals surface area (Å²) in [6, 6.07) is 4.77. The van der Waals surface area contributed by atoms with Crippen LogP contribution in [0.2, 0.25) is 0 Å². The summed E-state index contributed by atoms with van der Waals surface area (Å²) < 4.78 is 101. The SMILES string of the molecule is O=[N+]([O-])c1ccc(OCC2OC3OC4C(CO)OC(OC5C(CO)OC(OC6C(CO)OC(OC7C(CO)OC(OC8C(CO)OC(OC9C(CO)OC(OC2C(Oc2ccc([N+](=O)[O-])cc2[N+](=O)[O-])C3Oc2ccc([N+](=O)[O-])cc2[N+](=O)[O-])C(O)C9O)C(O)C8O)C(O)C7O)C(O)C6O)C(O)C5O)C(O)C4O)c([N+](=O)[O-])c1. The largest absolute Gasteiger partial charge is 0.484 e. The molecule has 3 aromatic rings. The van der Waals surface area contributed by atoms with Crippen LogP contribution in [-0.2, 0) is 66.3 Å². The highest BCUT2D eigenvalue weighted by Crippen LogP contribution is 2.45. The Balaban J connectivity index is 1.05. The van der Waals surface area contributed by atoms with E-state index in [1.165, 1.54) is 0 Å². The molecule has 628 valence electrons. The molecule has 0 aromatic heterocycles. The first-order chi connectivity index (χ1) is 53.7. The van der Waals surface area contributed by atoms with Crippen LogP contribution in [-0.4, -0.2) is 383 Å². The highest BCUT2D eigenvalue weighted by molar-refractivity contribution is 5.56. The lowest BCUT2D eigenvalue weighted by atomic mass is 9.94. The predicted molar refractivity (Wildman–Crippen MR) is 343 cm³/mol. The van der Waals surface area contributed by atoms with Crippen molar-refractivity contribution in [3.63, 3.8) is 0 Å². The molecule has 113 heavy (non-hydrogen) atoms. The zero-order valence-electron chi connectivity index (χ0n) is 57.4. The van der Waals surface area contributed by atoms with Crippen molar-refractivity contribution in [3.8, 4) is 17.2 Å². The van der Waals surface area contributed by atoms with Crippen molar-refractivity contribution < 1.29 is 202 Å². The van der Waals surface area contributed by atoms with Gasteiger partial charge in [-0.05, 0) is 18.2 Å². The Labute approximate surface area is 628 Å². The number of hydrogen-bond acceptors (Lipinski definition) is 47. The quantitative estimate of drug-likeness (QED) is 0.0391. The van der Waals surface area contributed by atoms with E-state index in [4.69, 9.17) is 80.5 Å². The van der Waals surface area contributed by atoms with Gasteiger partial charge in [-0.15, -0.1) is 0 Å². The van der Waals surface area contributed by atoms with Gasteiger partial charge in [-0.2, -0.15) is 0 Å². The number of hydrogen-bond donors (Lipinski definition) is 18. The van der Waals surface area contributed by atoms with Crippen LogP contribution in [0.15, 0.2) is 54.6 Å². The highest BCUT2D eigenvalue weighted by Gasteiger charge is 2.61. The number of benzene rings is 3. The van der Waals surface area contributed by atoms with E-state index in [1.807, 2.05) is 0 Å². The van der Waals surface area contributed by atoms with Crippen LogP contribution >= 0.6 is 0 Å². The topological polar surface area (TPSA) is 780 Å². The van der Waals surface area contributed by atoms with E-state index in [0.29, 0.717) is 54.6 Å². The number of nitro groups is 6. The van der Waals surface area contributed by atoms with E-state index in [0.717, 1.165) is 0 Å². The normalized spacial score (nSPS) is 41.1. The van der Waals surface area contributed by atoms with Gasteiger partial charge in [0.15, 0.2) is 73.5 Å². The van der Waals surface area contributed by atoms with Gasteiger partial charge >= 0.3 is 17.1 Å². The van der Waals surface area contributed by atoms with Crippen LogP contribution in [0, 0.1) is 60.7 Å². The molecule has 18 N–H and O–H groups in total. The van der Waals surface area contributed by atoms with Crippen LogP contribution in [0.25, 0.3) is 0 Å². The zero-order valence-corrected chi connectivity index (χ0v) is 57.4. The third kappa shape index (κ3) is 17.7.